The molecule has 1 unspecified atom stereocenters. The first kappa shape index (κ1) is 57.8. The van der Waals surface area contributed by atoms with Crippen molar-refractivity contribution in [2.45, 2.75) is 180 Å². The summed E-state index contributed by atoms with van der Waals surface area (Å²) in [6, 6.07) is 0. The molecule has 0 aliphatic heterocycles. The van der Waals surface area contributed by atoms with Crippen LogP contribution in [0.4, 0.5) is 0 Å². The minimum atomic E-state index is -4.89. The van der Waals surface area contributed by atoms with E-state index in [1.165, 1.54) is 57.8 Å². The number of rotatable bonds is 41. The number of hydrogen-bond acceptors (Lipinski definition) is 11. The maximum Gasteiger partial charge on any atom is 0.472 e. The SMILES string of the molecule is CCCCC/C=C\C/C=C\C/C=C\C=C\[C@H](O)CCCC(=O)O[C@H](COC(=O)CCCCCCC/C=C\CCCCCCCC)COP(=O)(O)OC[C@@H](O)COP(=O)(O)O. The number of phosphoric ester groups is 2. The van der Waals surface area contributed by atoms with Crippen LogP contribution in [0.2, 0.25) is 0 Å². The highest BCUT2D eigenvalue weighted by Crippen LogP contribution is 2.43. The van der Waals surface area contributed by atoms with E-state index >= 15 is 0 Å². The molecule has 0 amide bonds. The molecule has 16 heteroatoms. The summed E-state index contributed by atoms with van der Waals surface area (Å²) >= 11 is 0. The van der Waals surface area contributed by atoms with Crippen LogP contribution in [0, 0.1) is 0 Å². The molecular formula is C44H78O14P2. The third-order valence-electron chi connectivity index (χ3n) is 8.97. The highest BCUT2D eigenvalue weighted by molar-refractivity contribution is 7.47. The Bertz CT molecular complexity index is 1310. The molecule has 14 nitrogen and oxygen atoms in total. The molecule has 0 aliphatic carbocycles. The van der Waals surface area contributed by atoms with Gasteiger partial charge in [-0.25, -0.2) is 9.13 Å². The first-order valence-corrected chi connectivity index (χ1v) is 25.1. The Morgan fingerprint density at radius 3 is 1.70 bits per heavy atom. The number of carbonyl (C=O) groups excluding carboxylic acids is 2. The van der Waals surface area contributed by atoms with Gasteiger partial charge in [0, 0.05) is 12.8 Å². The molecule has 0 aromatic rings. The predicted molar refractivity (Wildman–Crippen MR) is 236 cm³/mol. The Hall–Kier alpha value is -2.22. The van der Waals surface area contributed by atoms with Crippen LogP contribution in [0.3, 0.4) is 0 Å². The van der Waals surface area contributed by atoms with Crippen LogP contribution < -0.4 is 0 Å². The van der Waals surface area contributed by atoms with E-state index in [1.54, 1.807) is 12.2 Å². The van der Waals surface area contributed by atoms with Crippen molar-refractivity contribution in [3.05, 3.63) is 60.8 Å². The molecule has 0 bridgehead atoms. The van der Waals surface area contributed by atoms with Crippen LogP contribution in [-0.2, 0) is 41.8 Å². The number of hydrogen-bond donors (Lipinski definition) is 5. The van der Waals surface area contributed by atoms with Gasteiger partial charge >= 0.3 is 27.6 Å². The third kappa shape index (κ3) is 42.5. The molecule has 0 fully saturated rings. The summed E-state index contributed by atoms with van der Waals surface area (Å²) in [5.74, 6) is -1.25. The molecule has 0 saturated carbocycles. The van der Waals surface area contributed by atoms with Crippen LogP contribution >= 0.6 is 15.6 Å². The number of ether oxygens (including phenoxy) is 2. The van der Waals surface area contributed by atoms with Gasteiger partial charge < -0.3 is 34.4 Å². The highest BCUT2D eigenvalue weighted by Gasteiger charge is 2.28. The highest BCUT2D eigenvalue weighted by atomic mass is 31.2. The number of phosphoric acid groups is 2. The lowest BCUT2D eigenvalue weighted by atomic mass is 10.1. The van der Waals surface area contributed by atoms with Gasteiger partial charge in [-0.15, -0.1) is 0 Å². The predicted octanol–water partition coefficient (Wildman–Crippen LogP) is 10.2. The maximum atomic E-state index is 12.7. The van der Waals surface area contributed by atoms with Crippen molar-refractivity contribution < 1.29 is 66.7 Å². The Morgan fingerprint density at radius 2 is 1.05 bits per heavy atom. The minimum absolute atomic E-state index is 0.100. The van der Waals surface area contributed by atoms with Gasteiger partial charge in [0.2, 0.25) is 0 Å². The Balaban J connectivity index is 4.73. The number of carbonyl (C=O) groups is 2. The van der Waals surface area contributed by atoms with Crippen LogP contribution in [0.25, 0.3) is 0 Å². The third-order valence-corrected chi connectivity index (χ3v) is 10.4. The summed E-state index contributed by atoms with van der Waals surface area (Å²) in [4.78, 5) is 52.7. The second-order valence-electron chi connectivity index (χ2n) is 14.8. The van der Waals surface area contributed by atoms with Gasteiger partial charge in [0.25, 0.3) is 0 Å². The van der Waals surface area contributed by atoms with Gasteiger partial charge in [0.15, 0.2) is 6.10 Å². The van der Waals surface area contributed by atoms with Gasteiger partial charge in [0.1, 0.15) is 12.7 Å². The van der Waals surface area contributed by atoms with Crippen LogP contribution in [0.1, 0.15) is 162 Å². The molecular weight excluding hydrogens is 814 g/mol. The van der Waals surface area contributed by atoms with Crippen LogP contribution in [0.15, 0.2) is 60.8 Å². The van der Waals surface area contributed by atoms with Gasteiger partial charge in [-0.05, 0) is 70.6 Å². The first-order valence-electron chi connectivity index (χ1n) is 22.1. The van der Waals surface area contributed by atoms with Crippen molar-refractivity contribution >= 4 is 27.6 Å². The fraction of sp³-hybridized carbons (Fsp3) is 0.727. The topological polar surface area (TPSA) is 216 Å². The van der Waals surface area contributed by atoms with Crippen LogP contribution in [-0.4, -0.2) is 81.6 Å². The van der Waals surface area contributed by atoms with E-state index in [4.69, 9.17) is 23.8 Å². The molecule has 0 saturated heterocycles. The smallest absolute Gasteiger partial charge is 0.462 e. The van der Waals surface area contributed by atoms with E-state index in [0.717, 1.165) is 57.8 Å². The Kier molecular flexibility index (Phi) is 38.1. The summed E-state index contributed by atoms with van der Waals surface area (Å²) < 4.78 is 47.6. The average Bonchev–Trinajstić information content (AvgIpc) is 3.20. The van der Waals surface area contributed by atoms with E-state index in [0.29, 0.717) is 6.42 Å². The van der Waals surface area contributed by atoms with Gasteiger partial charge in [-0.2, -0.15) is 0 Å². The summed E-state index contributed by atoms with van der Waals surface area (Å²) in [7, 11) is -9.75. The molecule has 5 N–H and O–H groups in total. The Labute approximate surface area is 360 Å². The van der Waals surface area contributed by atoms with E-state index < -0.39 is 72.3 Å². The van der Waals surface area contributed by atoms with Crippen LogP contribution in [0.5, 0.6) is 0 Å². The van der Waals surface area contributed by atoms with E-state index in [1.807, 2.05) is 12.2 Å². The van der Waals surface area contributed by atoms with E-state index in [9.17, 15) is 33.8 Å². The number of aliphatic hydroxyl groups excluding tert-OH is 2. The monoisotopic (exact) mass is 892 g/mol. The summed E-state index contributed by atoms with van der Waals surface area (Å²) in [6.45, 7) is 1.49. The molecule has 0 aromatic heterocycles. The van der Waals surface area contributed by atoms with Crippen molar-refractivity contribution in [1.82, 2.24) is 0 Å². The molecule has 0 aliphatic rings. The number of esters is 2. The average molecular weight is 893 g/mol. The van der Waals surface area contributed by atoms with Gasteiger partial charge in [-0.3, -0.25) is 23.2 Å². The zero-order valence-corrected chi connectivity index (χ0v) is 38.2. The second kappa shape index (κ2) is 39.6. The lowest BCUT2D eigenvalue weighted by Crippen LogP contribution is -2.30. The van der Waals surface area contributed by atoms with E-state index in [-0.39, 0.29) is 25.7 Å². The first-order chi connectivity index (χ1) is 28.8. The zero-order valence-electron chi connectivity index (χ0n) is 36.4. The van der Waals surface area contributed by atoms with Gasteiger partial charge in [-0.1, -0.05) is 139 Å². The minimum Gasteiger partial charge on any atom is -0.462 e. The molecule has 0 heterocycles. The molecule has 0 radical (unpaired) electrons. The quantitative estimate of drug-likeness (QED) is 0.0127. The van der Waals surface area contributed by atoms with Gasteiger partial charge in [0.05, 0.1) is 25.9 Å². The Morgan fingerprint density at radius 1 is 0.550 bits per heavy atom. The molecule has 60 heavy (non-hydrogen) atoms. The molecule has 4 atom stereocenters. The van der Waals surface area contributed by atoms with Crippen molar-refractivity contribution in [1.29, 1.82) is 0 Å². The standard InChI is InChI=1S/C44H78O14P2/c1-3-5-7-9-11-13-15-17-18-20-22-24-26-28-30-34-43(47)54-38-42(39-57-60(52,53)56-37-41(46)36-55-59(49,50)51)58-44(48)35-31-33-40(45)32-29-27-25-23-21-19-16-14-12-10-8-6-4-2/h12,14,17-19,21,25,27,29,32,40-42,45-46H,3-11,13,15-16,20,22-24,26,28,30-31,33-39H2,1-2H3,(H,52,53)(H2,49,50,51)/b14-12-,18-17-,21-19-,27-25-,32-29+/t40-,41-,42+/m0/s1. The molecule has 348 valence electrons. The molecule has 0 aromatic carbocycles. The largest absolute Gasteiger partial charge is 0.472 e. The summed E-state index contributed by atoms with van der Waals surface area (Å²) in [6.07, 6.45) is 38.1. The van der Waals surface area contributed by atoms with Crippen molar-refractivity contribution in [2.24, 2.45) is 0 Å². The maximum absolute atomic E-state index is 12.7. The van der Waals surface area contributed by atoms with Crippen molar-refractivity contribution in [3.63, 3.8) is 0 Å². The van der Waals surface area contributed by atoms with Crippen molar-refractivity contribution in [2.75, 3.05) is 26.4 Å². The number of aliphatic hydroxyl groups is 2. The lowest BCUT2D eigenvalue weighted by Gasteiger charge is -2.20. The van der Waals surface area contributed by atoms with Crippen molar-refractivity contribution in [3.8, 4) is 0 Å². The summed E-state index contributed by atoms with van der Waals surface area (Å²) in [5, 5.41) is 20.0. The van der Waals surface area contributed by atoms with E-state index in [2.05, 4.69) is 59.4 Å². The second-order valence-corrected chi connectivity index (χ2v) is 17.5. The normalized spacial score (nSPS) is 15.1. The number of unbranched alkanes of at least 4 members (excludes halogenated alkanes) is 14. The number of allylic oxidation sites excluding steroid dienone is 9. The fourth-order valence-corrected chi connectivity index (χ4v) is 6.72. The zero-order chi connectivity index (χ0) is 44.6. The lowest BCUT2D eigenvalue weighted by molar-refractivity contribution is -0.161. The summed E-state index contributed by atoms with van der Waals surface area (Å²) in [5.41, 5.74) is 0. The fourth-order valence-electron chi connectivity index (χ4n) is 5.56. The molecule has 0 spiro atoms. The molecule has 0 rings (SSSR count).